The molecule has 0 saturated carbocycles. The van der Waals surface area contributed by atoms with Crippen molar-refractivity contribution >= 4 is 27.1 Å². The first kappa shape index (κ1) is 17.2. The molecule has 2 rings (SSSR count). The fourth-order valence-electron chi connectivity index (χ4n) is 2.18. The number of carboxylic acids is 1. The van der Waals surface area contributed by atoms with E-state index >= 15 is 0 Å². The van der Waals surface area contributed by atoms with Gasteiger partial charge >= 0.3 is 11.7 Å². The van der Waals surface area contributed by atoms with Gasteiger partial charge in [-0.2, -0.15) is 4.72 Å². The van der Waals surface area contributed by atoms with Crippen LogP contribution in [0.4, 0.5) is 0 Å². The van der Waals surface area contributed by atoms with E-state index in [4.69, 9.17) is 9.52 Å². The van der Waals surface area contributed by atoms with Crippen LogP contribution in [0.15, 0.2) is 32.3 Å². The van der Waals surface area contributed by atoms with Crippen LogP contribution in [0.2, 0.25) is 0 Å². The summed E-state index contributed by atoms with van der Waals surface area (Å²) in [6, 6.07) is 2.76. The van der Waals surface area contributed by atoms with Gasteiger partial charge in [0.15, 0.2) is 5.58 Å². The second kappa shape index (κ2) is 6.55. The third-order valence-corrected chi connectivity index (χ3v) is 4.99. The molecule has 9 heteroatoms. The SMILES string of the molecule is CCCC[C@H](NS(=O)(=O)c1ccc2c(c1)oc(=O)n2C)C(=O)O. The summed E-state index contributed by atoms with van der Waals surface area (Å²) in [5, 5.41) is 9.13. The van der Waals surface area contributed by atoms with Gasteiger partial charge in [0.05, 0.1) is 10.4 Å². The first-order valence-electron chi connectivity index (χ1n) is 7.11. The van der Waals surface area contributed by atoms with Crippen molar-refractivity contribution in [3.05, 3.63) is 28.7 Å². The summed E-state index contributed by atoms with van der Waals surface area (Å²) in [5.74, 6) is -1.83. The van der Waals surface area contributed by atoms with E-state index in [1.807, 2.05) is 6.92 Å². The number of carbonyl (C=O) groups is 1. The molecule has 0 spiro atoms. The zero-order chi connectivity index (χ0) is 17.2. The molecular formula is C14H18N2O6S. The van der Waals surface area contributed by atoms with E-state index in [2.05, 4.69) is 4.72 Å². The van der Waals surface area contributed by atoms with Gasteiger partial charge in [-0.25, -0.2) is 13.2 Å². The summed E-state index contributed by atoms with van der Waals surface area (Å²) in [6.45, 7) is 1.89. The molecule has 0 saturated heterocycles. The third kappa shape index (κ3) is 3.62. The van der Waals surface area contributed by atoms with Crippen LogP contribution in [0.1, 0.15) is 26.2 Å². The number of nitrogens with one attached hydrogen (secondary N) is 1. The van der Waals surface area contributed by atoms with Crippen molar-refractivity contribution in [2.24, 2.45) is 7.05 Å². The molecule has 0 unspecified atom stereocenters. The summed E-state index contributed by atoms with van der Waals surface area (Å²) >= 11 is 0. The number of unbranched alkanes of at least 4 members (excludes halogenated alkanes) is 1. The maximum Gasteiger partial charge on any atom is 0.419 e. The van der Waals surface area contributed by atoms with Crippen molar-refractivity contribution in [2.45, 2.75) is 37.1 Å². The quantitative estimate of drug-likeness (QED) is 0.776. The van der Waals surface area contributed by atoms with Gasteiger partial charge in [-0.1, -0.05) is 19.8 Å². The first-order valence-corrected chi connectivity index (χ1v) is 8.59. The van der Waals surface area contributed by atoms with Gasteiger partial charge in [-0.05, 0) is 18.6 Å². The van der Waals surface area contributed by atoms with E-state index in [-0.39, 0.29) is 16.9 Å². The molecule has 23 heavy (non-hydrogen) atoms. The van der Waals surface area contributed by atoms with Crippen molar-refractivity contribution < 1.29 is 22.7 Å². The average molecular weight is 342 g/mol. The lowest BCUT2D eigenvalue weighted by Gasteiger charge is -2.14. The van der Waals surface area contributed by atoms with Crippen LogP contribution in [0, 0.1) is 0 Å². The van der Waals surface area contributed by atoms with Crippen molar-refractivity contribution in [1.29, 1.82) is 0 Å². The normalized spacial score (nSPS) is 13.3. The minimum Gasteiger partial charge on any atom is -0.480 e. The Morgan fingerprint density at radius 3 is 2.74 bits per heavy atom. The Kier molecular flexibility index (Phi) is 4.90. The zero-order valence-electron chi connectivity index (χ0n) is 12.8. The van der Waals surface area contributed by atoms with Gasteiger partial charge in [0.1, 0.15) is 6.04 Å². The number of aryl methyl sites for hydroxylation is 1. The fraction of sp³-hybridized carbons (Fsp3) is 0.429. The maximum absolute atomic E-state index is 12.3. The molecule has 2 N–H and O–H groups in total. The van der Waals surface area contributed by atoms with Crippen molar-refractivity contribution in [2.75, 3.05) is 0 Å². The number of oxazole rings is 1. The smallest absolute Gasteiger partial charge is 0.419 e. The van der Waals surface area contributed by atoms with Crippen molar-refractivity contribution in [1.82, 2.24) is 9.29 Å². The van der Waals surface area contributed by atoms with E-state index in [0.29, 0.717) is 11.9 Å². The molecule has 0 aliphatic heterocycles. The lowest BCUT2D eigenvalue weighted by atomic mass is 10.1. The van der Waals surface area contributed by atoms with E-state index in [1.54, 1.807) is 0 Å². The summed E-state index contributed by atoms with van der Waals surface area (Å²) < 4.78 is 33.1. The summed E-state index contributed by atoms with van der Waals surface area (Å²) in [5.41, 5.74) is 0.579. The highest BCUT2D eigenvalue weighted by molar-refractivity contribution is 7.89. The highest BCUT2D eigenvalue weighted by Gasteiger charge is 2.25. The summed E-state index contributed by atoms with van der Waals surface area (Å²) in [7, 11) is -2.53. The lowest BCUT2D eigenvalue weighted by molar-refractivity contribution is -0.139. The highest BCUT2D eigenvalue weighted by Crippen LogP contribution is 2.18. The Balaban J connectivity index is 2.34. The van der Waals surface area contributed by atoms with Crippen LogP contribution in [0.5, 0.6) is 0 Å². The summed E-state index contributed by atoms with van der Waals surface area (Å²) in [6.07, 6.45) is 1.55. The number of carboxylic acid groups (broad SMARTS) is 1. The second-order valence-electron chi connectivity index (χ2n) is 5.21. The minimum absolute atomic E-state index is 0.126. The van der Waals surface area contributed by atoms with E-state index < -0.39 is 27.8 Å². The minimum atomic E-state index is -4.03. The van der Waals surface area contributed by atoms with Gasteiger partial charge in [0.25, 0.3) is 0 Å². The third-order valence-electron chi connectivity index (χ3n) is 3.52. The first-order chi connectivity index (χ1) is 10.8. The highest BCUT2D eigenvalue weighted by atomic mass is 32.2. The number of benzene rings is 1. The Bertz CT molecular complexity index is 880. The predicted octanol–water partition coefficient (Wildman–Crippen LogP) is 1.05. The van der Waals surface area contributed by atoms with Crippen molar-refractivity contribution in [3.63, 3.8) is 0 Å². The Morgan fingerprint density at radius 2 is 2.13 bits per heavy atom. The zero-order valence-corrected chi connectivity index (χ0v) is 13.6. The van der Waals surface area contributed by atoms with E-state index in [9.17, 15) is 18.0 Å². The molecule has 1 aromatic carbocycles. The standard InChI is InChI=1S/C14H18N2O6S/c1-3-4-5-10(13(17)18)15-23(20,21)9-6-7-11-12(8-9)22-14(19)16(11)2/h6-8,10,15H,3-5H2,1-2H3,(H,17,18)/t10-/m0/s1. The number of rotatable bonds is 7. The van der Waals surface area contributed by atoms with Crippen LogP contribution < -0.4 is 10.5 Å². The Morgan fingerprint density at radius 1 is 1.43 bits per heavy atom. The maximum atomic E-state index is 12.3. The Labute approximate surface area is 132 Å². The number of aliphatic carboxylic acids is 1. The molecule has 0 bridgehead atoms. The molecule has 8 nitrogen and oxygen atoms in total. The monoisotopic (exact) mass is 342 g/mol. The van der Waals surface area contributed by atoms with E-state index in [1.165, 1.54) is 29.8 Å². The molecular weight excluding hydrogens is 324 g/mol. The number of sulfonamides is 1. The largest absolute Gasteiger partial charge is 0.480 e. The molecule has 0 radical (unpaired) electrons. The van der Waals surface area contributed by atoms with Gasteiger partial charge in [0.2, 0.25) is 10.0 Å². The topological polar surface area (TPSA) is 119 Å². The second-order valence-corrected chi connectivity index (χ2v) is 6.92. The van der Waals surface area contributed by atoms with Crippen molar-refractivity contribution in [3.8, 4) is 0 Å². The molecule has 126 valence electrons. The molecule has 0 amide bonds. The average Bonchev–Trinajstić information content (AvgIpc) is 2.77. The van der Waals surface area contributed by atoms with Gasteiger partial charge in [-0.3, -0.25) is 9.36 Å². The molecule has 1 atom stereocenters. The molecule has 1 aromatic heterocycles. The van der Waals surface area contributed by atoms with Crippen LogP contribution in [-0.4, -0.2) is 30.1 Å². The molecule has 2 aromatic rings. The van der Waals surface area contributed by atoms with Gasteiger partial charge in [0, 0.05) is 13.1 Å². The summed E-state index contributed by atoms with van der Waals surface area (Å²) in [4.78, 5) is 22.5. The van der Waals surface area contributed by atoms with Crippen LogP contribution in [-0.2, 0) is 21.9 Å². The number of hydrogen-bond donors (Lipinski definition) is 2. The number of nitrogens with zero attached hydrogens (tertiary/aromatic N) is 1. The van der Waals surface area contributed by atoms with E-state index in [0.717, 1.165) is 6.42 Å². The number of aromatic nitrogens is 1. The molecule has 0 aliphatic rings. The predicted molar refractivity (Wildman–Crippen MR) is 82.7 cm³/mol. The van der Waals surface area contributed by atoms with Gasteiger partial charge in [-0.15, -0.1) is 0 Å². The molecule has 0 aliphatic carbocycles. The van der Waals surface area contributed by atoms with Gasteiger partial charge < -0.3 is 9.52 Å². The van der Waals surface area contributed by atoms with Crippen LogP contribution >= 0.6 is 0 Å². The lowest BCUT2D eigenvalue weighted by Crippen LogP contribution is -2.40. The van der Waals surface area contributed by atoms with Crippen LogP contribution in [0.25, 0.3) is 11.1 Å². The number of hydrogen-bond acceptors (Lipinski definition) is 5. The Hall–Kier alpha value is -2.13. The molecule has 1 heterocycles. The van der Waals surface area contributed by atoms with Crippen LogP contribution in [0.3, 0.4) is 0 Å². The molecule has 0 fully saturated rings. The number of fused-ring (bicyclic) bond motifs is 1. The fourth-order valence-corrected chi connectivity index (χ4v) is 3.42.